The third kappa shape index (κ3) is 3.89. The van der Waals surface area contributed by atoms with Crippen LogP contribution in [0.3, 0.4) is 0 Å². The molecule has 0 unspecified atom stereocenters. The van der Waals surface area contributed by atoms with E-state index in [4.69, 9.17) is 16.3 Å². The minimum absolute atomic E-state index is 0.159. The second kappa shape index (κ2) is 7.10. The Labute approximate surface area is 139 Å². The summed E-state index contributed by atoms with van der Waals surface area (Å²) >= 11 is 6.12. The number of imidazole rings is 1. The first kappa shape index (κ1) is 16.0. The summed E-state index contributed by atoms with van der Waals surface area (Å²) in [5.74, 6) is 0.373. The third-order valence-electron chi connectivity index (χ3n) is 4.12. The molecule has 1 aliphatic carbocycles. The van der Waals surface area contributed by atoms with Gasteiger partial charge in [0.1, 0.15) is 17.8 Å². The van der Waals surface area contributed by atoms with Crippen LogP contribution in [-0.4, -0.2) is 39.7 Å². The van der Waals surface area contributed by atoms with Crippen LogP contribution < -0.4 is 5.32 Å². The summed E-state index contributed by atoms with van der Waals surface area (Å²) in [6.45, 7) is 0. The number of rotatable bonds is 4. The summed E-state index contributed by atoms with van der Waals surface area (Å²) in [6.07, 6.45) is 9.09. The van der Waals surface area contributed by atoms with Gasteiger partial charge in [0.2, 0.25) is 0 Å². The number of nitrogens with zero attached hydrogens (tertiary/aromatic N) is 3. The molecule has 122 valence electrons. The maximum Gasteiger partial charge on any atom is 0.270 e. The third-order valence-corrected chi connectivity index (χ3v) is 4.34. The summed E-state index contributed by atoms with van der Waals surface area (Å²) in [5, 5.41) is 3.51. The van der Waals surface area contributed by atoms with E-state index in [1.54, 1.807) is 42.5 Å². The molecular weight excluding hydrogens is 316 g/mol. The average molecular weight is 335 g/mol. The van der Waals surface area contributed by atoms with E-state index in [9.17, 15) is 4.79 Å². The van der Waals surface area contributed by atoms with Gasteiger partial charge in [0.25, 0.3) is 5.91 Å². The lowest BCUT2D eigenvalue weighted by Gasteiger charge is -2.28. The molecule has 23 heavy (non-hydrogen) atoms. The maximum absolute atomic E-state index is 12.4. The molecule has 1 N–H and O–H groups in total. The van der Waals surface area contributed by atoms with Crippen molar-refractivity contribution in [2.24, 2.45) is 0 Å². The van der Waals surface area contributed by atoms with Crippen LogP contribution in [-0.2, 0) is 4.74 Å². The summed E-state index contributed by atoms with van der Waals surface area (Å²) in [6, 6.07) is 3.44. The fraction of sp³-hybridized carbons (Fsp3) is 0.438. The van der Waals surface area contributed by atoms with E-state index in [1.165, 1.54) is 0 Å². The zero-order chi connectivity index (χ0) is 16.2. The highest BCUT2D eigenvalue weighted by Crippen LogP contribution is 2.21. The van der Waals surface area contributed by atoms with Crippen molar-refractivity contribution in [1.29, 1.82) is 0 Å². The Kier molecular flexibility index (Phi) is 4.93. The highest BCUT2D eigenvalue weighted by Gasteiger charge is 2.23. The quantitative estimate of drug-likeness (QED) is 0.933. The standard InChI is InChI=1S/C16H19ClN4O2/c1-23-13-4-2-12(3-5-13)19-16(22)14-8-11(17)9-15(20-14)21-7-6-18-10-21/h6-10,12-13H,2-5H2,1H3,(H,19,22). The Morgan fingerprint density at radius 2 is 2.13 bits per heavy atom. The molecule has 3 rings (SSSR count). The van der Waals surface area contributed by atoms with E-state index >= 15 is 0 Å². The van der Waals surface area contributed by atoms with Gasteiger partial charge in [0, 0.05) is 36.6 Å². The van der Waals surface area contributed by atoms with Crippen LogP contribution in [0.2, 0.25) is 5.02 Å². The number of ether oxygens (including phenoxy) is 1. The van der Waals surface area contributed by atoms with E-state index in [0.29, 0.717) is 22.6 Å². The summed E-state index contributed by atoms with van der Waals surface area (Å²) < 4.78 is 7.07. The number of methoxy groups -OCH3 is 1. The molecule has 1 aliphatic rings. The molecule has 0 aromatic carbocycles. The van der Waals surface area contributed by atoms with Crippen molar-refractivity contribution in [2.45, 2.75) is 37.8 Å². The highest BCUT2D eigenvalue weighted by molar-refractivity contribution is 6.31. The fourth-order valence-corrected chi connectivity index (χ4v) is 3.03. The fourth-order valence-electron chi connectivity index (χ4n) is 2.83. The normalized spacial score (nSPS) is 21.1. The number of amides is 1. The van der Waals surface area contributed by atoms with Gasteiger partial charge < -0.3 is 10.1 Å². The Morgan fingerprint density at radius 3 is 2.78 bits per heavy atom. The highest BCUT2D eigenvalue weighted by atomic mass is 35.5. The monoisotopic (exact) mass is 334 g/mol. The van der Waals surface area contributed by atoms with Crippen molar-refractivity contribution in [1.82, 2.24) is 19.9 Å². The van der Waals surface area contributed by atoms with Crippen LogP contribution >= 0.6 is 11.6 Å². The van der Waals surface area contributed by atoms with Crippen LogP contribution in [0.1, 0.15) is 36.2 Å². The van der Waals surface area contributed by atoms with Crippen molar-refractivity contribution < 1.29 is 9.53 Å². The van der Waals surface area contributed by atoms with Gasteiger partial charge in [-0.3, -0.25) is 9.36 Å². The number of carbonyl (C=O) groups is 1. The maximum atomic E-state index is 12.4. The molecule has 1 amide bonds. The SMILES string of the molecule is COC1CCC(NC(=O)c2cc(Cl)cc(-n3ccnc3)n2)CC1. The minimum Gasteiger partial charge on any atom is -0.381 e. The van der Waals surface area contributed by atoms with Gasteiger partial charge in [-0.2, -0.15) is 0 Å². The molecule has 0 bridgehead atoms. The van der Waals surface area contributed by atoms with Gasteiger partial charge in [-0.25, -0.2) is 9.97 Å². The smallest absolute Gasteiger partial charge is 0.270 e. The first-order valence-electron chi connectivity index (χ1n) is 7.65. The van der Waals surface area contributed by atoms with Crippen molar-refractivity contribution in [2.75, 3.05) is 7.11 Å². The summed E-state index contributed by atoms with van der Waals surface area (Å²) in [5.41, 5.74) is 0.315. The minimum atomic E-state index is -0.199. The number of hydrogen-bond donors (Lipinski definition) is 1. The second-order valence-corrected chi connectivity index (χ2v) is 6.12. The van der Waals surface area contributed by atoms with E-state index < -0.39 is 0 Å². The molecule has 7 heteroatoms. The van der Waals surface area contributed by atoms with Gasteiger partial charge in [-0.15, -0.1) is 0 Å². The van der Waals surface area contributed by atoms with Crippen molar-refractivity contribution in [3.05, 3.63) is 41.6 Å². The van der Waals surface area contributed by atoms with E-state index in [-0.39, 0.29) is 11.9 Å². The summed E-state index contributed by atoms with van der Waals surface area (Å²) in [4.78, 5) is 20.8. The molecule has 2 aromatic heterocycles. The molecule has 6 nitrogen and oxygen atoms in total. The first-order chi connectivity index (χ1) is 11.2. The Bertz CT molecular complexity index is 667. The second-order valence-electron chi connectivity index (χ2n) is 5.68. The van der Waals surface area contributed by atoms with E-state index in [0.717, 1.165) is 25.7 Å². The largest absolute Gasteiger partial charge is 0.381 e. The molecule has 0 radical (unpaired) electrons. The molecule has 1 saturated carbocycles. The van der Waals surface area contributed by atoms with E-state index in [1.807, 2.05) is 0 Å². The zero-order valence-corrected chi connectivity index (χ0v) is 13.7. The predicted octanol–water partition coefficient (Wildman–Crippen LogP) is 2.61. The lowest BCUT2D eigenvalue weighted by atomic mass is 9.93. The van der Waals surface area contributed by atoms with E-state index in [2.05, 4.69) is 15.3 Å². The van der Waals surface area contributed by atoms with Crippen molar-refractivity contribution in [3.63, 3.8) is 0 Å². The number of nitrogens with one attached hydrogen (secondary N) is 1. The Morgan fingerprint density at radius 1 is 1.35 bits per heavy atom. The molecule has 1 fully saturated rings. The number of hydrogen-bond acceptors (Lipinski definition) is 4. The number of pyridine rings is 1. The predicted molar refractivity (Wildman–Crippen MR) is 86.9 cm³/mol. The van der Waals surface area contributed by atoms with Gasteiger partial charge in [-0.1, -0.05) is 11.6 Å². The molecule has 2 aromatic rings. The topological polar surface area (TPSA) is 69.0 Å². The van der Waals surface area contributed by atoms with Crippen molar-refractivity contribution >= 4 is 17.5 Å². The lowest BCUT2D eigenvalue weighted by Crippen LogP contribution is -2.39. The molecule has 2 heterocycles. The molecular formula is C16H19ClN4O2. The number of halogens is 1. The van der Waals surface area contributed by atoms with Crippen LogP contribution in [0.25, 0.3) is 5.82 Å². The Hall–Kier alpha value is -1.92. The zero-order valence-electron chi connectivity index (χ0n) is 12.9. The first-order valence-corrected chi connectivity index (χ1v) is 8.03. The number of carbonyl (C=O) groups excluding carboxylic acids is 1. The van der Waals surface area contributed by atoms with Crippen LogP contribution in [0.4, 0.5) is 0 Å². The van der Waals surface area contributed by atoms with Crippen LogP contribution in [0.5, 0.6) is 0 Å². The lowest BCUT2D eigenvalue weighted by molar-refractivity contribution is 0.0598. The molecule has 0 atom stereocenters. The summed E-state index contributed by atoms with van der Waals surface area (Å²) in [7, 11) is 1.73. The average Bonchev–Trinajstić information content (AvgIpc) is 3.09. The molecule has 0 saturated heterocycles. The molecule has 0 spiro atoms. The van der Waals surface area contributed by atoms with Gasteiger partial charge in [0.15, 0.2) is 0 Å². The van der Waals surface area contributed by atoms with Gasteiger partial charge >= 0.3 is 0 Å². The van der Waals surface area contributed by atoms with Crippen LogP contribution in [0, 0.1) is 0 Å². The van der Waals surface area contributed by atoms with Crippen molar-refractivity contribution in [3.8, 4) is 5.82 Å². The number of aromatic nitrogens is 3. The Balaban J connectivity index is 1.70. The van der Waals surface area contributed by atoms with Crippen LogP contribution in [0.15, 0.2) is 30.9 Å². The van der Waals surface area contributed by atoms with Gasteiger partial charge in [-0.05, 0) is 31.7 Å². The van der Waals surface area contributed by atoms with Gasteiger partial charge in [0.05, 0.1) is 6.10 Å². The molecule has 0 aliphatic heterocycles.